The molecule has 0 unspecified atom stereocenters. The minimum absolute atomic E-state index is 0.0980. The molecule has 0 fully saturated rings. The highest BCUT2D eigenvalue weighted by Gasteiger charge is 2.17. The van der Waals surface area contributed by atoms with E-state index in [1.807, 2.05) is 41.1 Å². The molecule has 0 aliphatic carbocycles. The number of aryl methyl sites for hydroxylation is 2. The molecule has 1 N–H and O–H groups in total. The zero-order valence-electron chi connectivity index (χ0n) is 17.8. The van der Waals surface area contributed by atoms with Gasteiger partial charge in [-0.05, 0) is 42.5 Å². The number of nitrogens with one attached hydrogen (secondary N) is 1. The number of hydrogen-bond acceptors (Lipinski definition) is 6. The summed E-state index contributed by atoms with van der Waals surface area (Å²) in [5.74, 6) is 0.848. The van der Waals surface area contributed by atoms with Crippen molar-refractivity contribution in [3.8, 4) is 10.4 Å². The summed E-state index contributed by atoms with van der Waals surface area (Å²) in [5, 5.41) is 7.42. The van der Waals surface area contributed by atoms with E-state index in [0.29, 0.717) is 15.9 Å². The fourth-order valence-corrected chi connectivity index (χ4v) is 6.20. The summed E-state index contributed by atoms with van der Waals surface area (Å²) < 4.78 is 3.67. The van der Waals surface area contributed by atoms with Crippen LogP contribution in [0.5, 0.6) is 0 Å². The Labute approximate surface area is 197 Å². The van der Waals surface area contributed by atoms with Crippen molar-refractivity contribution in [2.24, 2.45) is 0 Å². The summed E-state index contributed by atoms with van der Waals surface area (Å²) in [5.41, 5.74) is 3.35. The molecule has 6 rings (SSSR count). The maximum absolute atomic E-state index is 13.2. The average Bonchev–Trinajstić information content (AvgIpc) is 3.51. The number of carbonyl (C=O) groups excluding carboxylic acids is 1. The number of fused-ring (bicyclic) bond motifs is 4. The summed E-state index contributed by atoms with van der Waals surface area (Å²) in [6, 6.07) is 9.78. The lowest BCUT2D eigenvalue weighted by molar-refractivity contribution is -0.116. The molecule has 0 saturated heterocycles. The highest BCUT2D eigenvalue weighted by Crippen LogP contribution is 2.33. The van der Waals surface area contributed by atoms with Crippen molar-refractivity contribution in [2.45, 2.75) is 38.8 Å². The number of aromatic nitrogens is 4. The summed E-state index contributed by atoms with van der Waals surface area (Å²) in [6.45, 7) is 0.894. The van der Waals surface area contributed by atoms with E-state index in [0.717, 1.165) is 40.3 Å². The smallest absolute Gasteiger partial charge is 0.263 e. The fourth-order valence-electron chi connectivity index (χ4n) is 4.48. The van der Waals surface area contributed by atoms with E-state index < -0.39 is 0 Å². The van der Waals surface area contributed by atoms with Crippen LogP contribution in [0.2, 0.25) is 0 Å². The fraction of sp³-hybridized carbons (Fsp3) is 0.250. The molecule has 0 atom stereocenters. The lowest BCUT2D eigenvalue weighted by Crippen LogP contribution is -2.27. The topological polar surface area (TPSA) is 81.8 Å². The van der Waals surface area contributed by atoms with Gasteiger partial charge in [0.2, 0.25) is 5.91 Å². The number of carbonyl (C=O) groups is 1. The number of anilines is 1. The molecule has 166 valence electrons. The summed E-state index contributed by atoms with van der Waals surface area (Å²) in [4.78, 5) is 36.8. The third-order valence-electron chi connectivity index (χ3n) is 6.05. The quantitative estimate of drug-likeness (QED) is 0.401. The van der Waals surface area contributed by atoms with Crippen LogP contribution < -0.4 is 10.9 Å². The second-order valence-electron chi connectivity index (χ2n) is 8.23. The Morgan fingerprint density at radius 1 is 1.15 bits per heavy atom. The molecular weight excluding hydrogens is 454 g/mol. The highest BCUT2D eigenvalue weighted by molar-refractivity contribution is 7.18. The summed E-state index contributed by atoms with van der Waals surface area (Å²) in [7, 11) is 0. The van der Waals surface area contributed by atoms with Gasteiger partial charge in [-0.15, -0.1) is 22.7 Å². The highest BCUT2D eigenvalue weighted by atomic mass is 32.1. The molecular formula is C24H21N5O2S2. The van der Waals surface area contributed by atoms with Crippen LogP contribution in [0.4, 0.5) is 5.69 Å². The van der Waals surface area contributed by atoms with Crippen molar-refractivity contribution >= 4 is 55.5 Å². The van der Waals surface area contributed by atoms with Crippen molar-refractivity contribution < 1.29 is 4.79 Å². The molecule has 0 radical (unpaired) electrons. The van der Waals surface area contributed by atoms with Gasteiger partial charge in [-0.25, -0.2) is 9.97 Å². The van der Waals surface area contributed by atoms with Gasteiger partial charge in [0.1, 0.15) is 17.2 Å². The zero-order valence-corrected chi connectivity index (χ0v) is 19.4. The minimum atomic E-state index is -0.272. The molecule has 1 aromatic carbocycles. The van der Waals surface area contributed by atoms with Gasteiger partial charge in [0.05, 0.1) is 22.7 Å². The lowest BCUT2D eigenvalue weighted by atomic mass is 10.2. The van der Waals surface area contributed by atoms with Gasteiger partial charge in [-0.3, -0.25) is 14.2 Å². The van der Waals surface area contributed by atoms with Crippen molar-refractivity contribution in [2.75, 3.05) is 5.32 Å². The molecule has 4 aromatic heterocycles. The monoisotopic (exact) mass is 475 g/mol. The maximum atomic E-state index is 13.2. The SMILES string of the molecule is O=C(Cn1cnc2scc(-c3cccs3)c2c1=O)Nc1ccc2c(c1)nc1n2CCCCC1. The van der Waals surface area contributed by atoms with Crippen molar-refractivity contribution in [1.29, 1.82) is 0 Å². The first-order chi connectivity index (χ1) is 16.2. The molecule has 5 aromatic rings. The van der Waals surface area contributed by atoms with Crippen molar-refractivity contribution in [3.63, 3.8) is 0 Å². The first-order valence-electron chi connectivity index (χ1n) is 11.0. The standard InChI is InChI=1S/C24H21N5O2S2/c30-21(26-15-7-8-18-17(11-15)27-20-6-2-1-3-9-29(18)20)12-28-14-25-23-22(24(28)31)16(13-33-23)19-5-4-10-32-19/h4-5,7-8,10-11,13-14H,1-3,6,9,12H2,(H,26,30). The van der Waals surface area contributed by atoms with E-state index in [2.05, 4.69) is 14.9 Å². The van der Waals surface area contributed by atoms with Crippen LogP contribution in [-0.4, -0.2) is 25.0 Å². The average molecular weight is 476 g/mol. The first kappa shape index (κ1) is 20.3. The molecule has 1 amide bonds. The van der Waals surface area contributed by atoms with Gasteiger partial charge < -0.3 is 9.88 Å². The van der Waals surface area contributed by atoms with Gasteiger partial charge >= 0.3 is 0 Å². The molecule has 0 bridgehead atoms. The van der Waals surface area contributed by atoms with E-state index in [-0.39, 0.29) is 18.0 Å². The Morgan fingerprint density at radius 2 is 2.09 bits per heavy atom. The predicted molar refractivity (Wildman–Crippen MR) is 133 cm³/mol. The molecule has 33 heavy (non-hydrogen) atoms. The molecule has 9 heteroatoms. The number of rotatable bonds is 4. The third kappa shape index (κ3) is 3.67. The molecule has 0 spiro atoms. The van der Waals surface area contributed by atoms with Crippen LogP contribution in [-0.2, 0) is 24.3 Å². The van der Waals surface area contributed by atoms with E-state index in [9.17, 15) is 9.59 Å². The number of thiophene rings is 2. The Bertz CT molecular complexity index is 1540. The Balaban J connectivity index is 1.26. The Kier molecular flexibility index (Phi) is 5.07. The minimum Gasteiger partial charge on any atom is -0.328 e. The van der Waals surface area contributed by atoms with E-state index in [1.54, 1.807) is 11.3 Å². The number of amides is 1. The van der Waals surface area contributed by atoms with Gasteiger partial charge in [0.15, 0.2) is 0 Å². The van der Waals surface area contributed by atoms with E-state index >= 15 is 0 Å². The normalized spacial score (nSPS) is 13.8. The molecule has 7 nitrogen and oxygen atoms in total. The zero-order chi connectivity index (χ0) is 22.4. The van der Waals surface area contributed by atoms with Crippen LogP contribution in [0, 0.1) is 0 Å². The third-order valence-corrected chi connectivity index (χ3v) is 7.84. The number of benzene rings is 1. The molecule has 5 heterocycles. The van der Waals surface area contributed by atoms with E-state index in [1.165, 1.54) is 41.5 Å². The summed E-state index contributed by atoms with van der Waals surface area (Å²) >= 11 is 3.02. The predicted octanol–water partition coefficient (Wildman–Crippen LogP) is 4.90. The van der Waals surface area contributed by atoms with Crippen molar-refractivity contribution in [1.82, 2.24) is 19.1 Å². The number of hydrogen-bond donors (Lipinski definition) is 1. The van der Waals surface area contributed by atoms with Gasteiger partial charge in [0, 0.05) is 34.5 Å². The molecule has 1 aliphatic heterocycles. The second-order valence-corrected chi connectivity index (χ2v) is 10.0. The first-order valence-corrected chi connectivity index (χ1v) is 12.7. The maximum Gasteiger partial charge on any atom is 0.263 e. The summed E-state index contributed by atoms with van der Waals surface area (Å²) in [6.07, 6.45) is 6.01. The number of imidazole rings is 1. The number of nitrogens with zero attached hydrogens (tertiary/aromatic N) is 4. The van der Waals surface area contributed by atoms with Crippen LogP contribution in [0.3, 0.4) is 0 Å². The Hall–Kier alpha value is -3.30. The Morgan fingerprint density at radius 3 is 2.97 bits per heavy atom. The van der Waals surface area contributed by atoms with Crippen LogP contribution in [0.1, 0.15) is 25.1 Å². The lowest BCUT2D eigenvalue weighted by Gasteiger charge is -2.08. The van der Waals surface area contributed by atoms with Gasteiger partial charge in [-0.1, -0.05) is 12.5 Å². The largest absolute Gasteiger partial charge is 0.328 e. The van der Waals surface area contributed by atoms with Crippen LogP contribution in [0.25, 0.3) is 31.7 Å². The molecule has 0 saturated carbocycles. The van der Waals surface area contributed by atoms with Gasteiger partial charge in [0.25, 0.3) is 5.56 Å². The van der Waals surface area contributed by atoms with Crippen LogP contribution in [0.15, 0.2) is 52.2 Å². The van der Waals surface area contributed by atoms with E-state index in [4.69, 9.17) is 4.98 Å². The molecule has 1 aliphatic rings. The van der Waals surface area contributed by atoms with Crippen molar-refractivity contribution in [3.05, 3.63) is 63.6 Å². The van der Waals surface area contributed by atoms with Crippen LogP contribution >= 0.6 is 22.7 Å². The van der Waals surface area contributed by atoms with Gasteiger partial charge in [-0.2, -0.15) is 0 Å². The second kappa shape index (κ2) is 8.24.